The average Bonchev–Trinajstić information content (AvgIpc) is 3.86. The lowest BCUT2D eigenvalue weighted by atomic mass is 9.97. The van der Waals surface area contributed by atoms with Crippen molar-refractivity contribution in [3.8, 4) is 56.7 Å². The van der Waals surface area contributed by atoms with E-state index in [4.69, 9.17) is 24.4 Å². The standard InChI is InChI=1S/C48H28N4OS/c1-3-12-31(13-4-1)45-50-46(34-18-9-17-33(27-34)37-20-10-16-29-11-7-8-19-36(29)37)52-47(51-45)35-22-21-30-23-25-40-42(38(30)28-35)43-41(54-40)26-24-39-44(43)53-48(49-39)32-14-5-2-6-15-32/h1-28H. The van der Waals surface area contributed by atoms with E-state index < -0.39 is 0 Å². The first-order valence-corrected chi connectivity index (χ1v) is 18.7. The number of hydrogen-bond donors (Lipinski definition) is 0. The van der Waals surface area contributed by atoms with Crippen LogP contribution in [0.4, 0.5) is 0 Å². The summed E-state index contributed by atoms with van der Waals surface area (Å²) in [6.07, 6.45) is 0. The smallest absolute Gasteiger partial charge is 0.227 e. The molecule has 6 heteroatoms. The first kappa shape index (κ1) is 30.6. The Labute approximate surface area is 313 Å². The first-order valence-electron chi connectivity index (χ1n) is 17.9. The second-order valence-corrected chi connectivity index (χ2v) is 14.5. The third kappa shape index (κ3) is 5.07. The zero-order chi connectivity index (χ0) is 35.6. The van der Waals surface area contributed by atoms with Gasteiger partial charge in [0.1, 0.15) is 5.52 Å². The quantitative estimate of drug-likeness (QED) is 0.178. The molecule has 0 saturated carbocycles. The van der Waals surface area contributed by atoms with Gasteiger partial charge in [0.25, 0.3) is 0 Å². The van der Waals surface area contributed by atoms with Gasteiger partial charge in [-0.3, -0.25) is 0 Å². The maximum absolute atomic E-state index is 6.55. The Morgan fingerprint density at radius 2 is 0.981 bits per heavy atom. The molecule has 3 aromatic heterocycles. The van der Waals surface area contributed by atoms with Gasteiger partial charge >= 0.3 is 0 Å². The van der Waals surface area contributed by atoms with E-state index in [9.17, 15) is 0 Å². The van der Waals surface area contributed by atoms with E-state index in [-0.39, 0.29) is 0 Å². The molecule has 0 unspecified atom stereocenters. The maximum atomic E-state index is 6.55. The fraction of sp³-hybridized carbons (Fsp3) is 0. The number of nitrogens with zero attached hydrogens (tertiary/aromatic N) is 4. The number of benzene rings is 8. The van der Waals surface area contributed by atoms with Crippen molar-refractivity contribution in [1.29, 1.82) is 0 Å². The molecule has 0 saturated heterocycles. The van der Waals surface area contributed by atoms with Crippen molar-refractivity contribution in [1.82, 2.24) is 19.9 Å². The molecule has 252 valence electrons. The van der Waals surface area contributed by atoms with Crippen molar-refractivity contribution in [3.05, 3.63) is 170 Å². The molecule has 0 atom stereocenters. The third-order valence-corrected chi connectivity index (χ3v) is 11.3. The summed E-state index contributed by atoms with van der Waals surface area (Å²) in [6.45, 7) is 0. The summed E-state index contributed by atoms with van der Waals surface area (Å²) in [5.74, 6) is 2.48. The Morgan fingerprint density at radius 1 is 0.389 bits per heavy atom. The lowest BCUT2D eigenvalue weighted by Gasteiger charge is -2.11. The van der Waals surface area contributed by atoms with Crippen molar-refractivity contribution in [2.75, 3.05) is 0 Å². The van der Waals surface area contributed by atoms with Gasteiger partial charge in [-0.25, -0.2) is 19.9 Å². The van der Waals surface area contributed by atoms with E-state index in [0.29, 0.717) is 23.4 Å². The predicted molar refractivity (Wildman–Crippen MR) is 222 cm³/mol. The van der Waals surface area contributed by atoms with E-state index >= 15 is 0 Å². The molecule has 11 aromatic rings. The molecule has 11 rings (SSSR count). The van der Waals surface area contributed by atoms with Gasteiger partial charge in [0.2, 0.25) is 5.89 Å². The van der Waals surface area contributed by atoms with Gasteiger partial charge < -0.3 is 4.42 Å². The predicted octanol–water partition coefficient (Wildman–Crippen LogP) is 13.0. The zero-order valence-corrected chi connectivity index (χ0v) is 29.6. The minimum absolute atomic E-state index is 0.615. The van der Waals surface area contributed by atoms with E-state index in [1.165, 1.54) is 21.0 Å². The van der Waals surface area contributed by atoms with Gasteiger partial charge in [0.15, 0.2) is 23.1 Å². The Kier molecular flexibility index (Phi) is 6.97. The SMILES string of the molecule is c1ccc(-c2nc(-c3cccc(-c4cccc5ccccc45)c3)nc(-c3ccc4ccc5sc6ccc7nc(-c8ccccc8)oc7c6c5c4c3)n2)cc1. The highest BCUT2D eigenvalue weighted by Crippen LogP contribution is 2.44. The summed E-state index contributed by atoms with van der Waals surface area (Å²) in [4.78, 5) is 20.2. The van der Waals surface area contributed by atoms with Crippen LogP contribution in [-0.4, -0.2) is 19.9 Å². The summed E-state index contributed by atoms with van der Waals surface area (Å²) in [7, 11) is 0. The summed E-state index contributed by atoms with van der Waals surface area (Å²) in [5, 5.41) is 6.89. The van der Waals surface area contributed by atoms with E-state index in [2.05, 4.69) is 109 Å². The molecule has 0 fully saturated rings. The maximum Gasteiger partial charge on any atom is 0.227 e. The van der Waals surface area contributed by atoms with Gasteiger partial charge in [-0.15, -0.1) is 11.3 Å². The lowest BCUT2D eigenvalue weighted by molar-refractivity contribution is 0.623. The molecule has 0 aliphatic carbocycles. The second-order valence-electron chi connectivity index (χ2n) is 13.4. The first-order chi connectivity index (χ1) is 26.7. The Bertz CT molecular complexity index is 3220. The van der Waals surface area contributed by atoms with Crippen molar-refractivity contribution >= 4 is 64.2 Å². The number of fused-ring (bicyclic) bond motifs is 8. The van der Waals surface area contributed by atoms with Crippen LogP contribution in [0.2, 0.25) is 0 Å². The molecule has 3 heterocycles. The normalized spacial score (nSPS) is 11.7. The van der Waals surface area contributed by atoms with Crippen LogP contribution in [0.5, 0.6) is 0 Å². The van der Waals surface area contributed by atoms with Gasteiger partial charge in [-0.05, 0) is 75.1 Å². The number of oxazole rings is 1. The minimum atomic E-state index is 0.615. The second kappa shape index (κ2) is 12.3. The van der Waals surface area contributed by atoms with Crippen LogP contribution in [0.1, 0.15) is 0 Å². The van der Waals surface area contributed by atoms with Crippen LogP contribution in [-0.2, 0) is 0 Å². The molecule has 0 aliphatic rings. The molecule has 0 radical (unpaired) electrons. The molecule has 8 aromatic carbocycles. The van der Waals surface area contributed by atoms with E-state index in [1.807, 2.05) is 60.7 Å². The Hall–Kier alpha value is -7.02. The van der Waals surface area contributed by atoms with Crippen LogP contribution < -0.4 is 0 Å². The van der Waals surface area contributed by atoms with Gasteiger partial charge in [0, 0.05) is 42.4 Å². The molecule has 0 amide bonds. The Morgan fingerprint density at radius 3 is 1.81 bits per heavy atom. The number of rotatable bonds is 5. The fourth-order valence-electron chi connectivity index (χ4n) is 7.55. The lowest BCUT2D eigenvalue weighted by Crippen LogP contribution is -2.00. The van der Waals surface area contributed by atoms with Crippen molar-refractivity contribution < 1.29 is 4.42 Å². The van der Waals surface area contributed by atoms with Crippen molar-refractivity contribution in [2.45, 2.75) is 0 Å². The molecular weight excluding hydrogens is 681 g/mol. The highest BCUT2D eigenvalue weighted by Gasteiger charge is 2.19. The van der Waals surface area contributed by atoms with Crippen LogP contribution in [0.3, 0.4) is 0 Å². The van der Waals surface area contributed by atoms with Crippen molar-refractivity contribution in [2.24, 2.45) is 0 Å². The summed E-state index contributed by atoms with van der Waals surface area (Å²) >= 11 is 1.77. The molecule has 0 spiro atoms. The molecule has 5 nitrogen and oxygen atoms in total. The topological polar surface area (TPSA) is 64.7 Å². The van der Waals surface area contributed by atoms with Crippen LogP contribution in [0.25, 0.3) is 110 Å². The average molecular weight is 709 g/mol. The van der Waals surface area contributed by atoms with Gasteiger partial charge in [-0.2, -0.15) is 0 Å². The van der Waals surface area contributed by atoms with Crippen LogP contribution >= 0.6 is 11.3 Å². The molecule has 0 N–H and O–H groups in total. The zero-order valence-electron chi connectivity index (χ0n) is 28.8. The number of aromatic nitrogens is 4. The minimum Gasteiger partial charge on any atom is -0.435 e. The molecular formula is C48H28N4OS. The summed E-state index contributed by atoms with van der Waals surface area (Å²) < 4.78 is 8.90. The third-order valence-electron chi connectivity index (χ3n) is 10.1. The fourth-order valence-corrected chi connectivity index (χ4v) is 8.67. The number of hydrogen-bond acceptors (Lipinski definition) is 6. The summed E-state index contributed by atoms with van der Waals surface area (Å²) in [6, 6.07) is 58.7. The van der Waals surface area contributed by atoms with Gasteiger partial charge in [0.05, 0.1) is 0 Å². The van der Waals surface area contributed by atoms with Crippen LogP contribution in [0.15, 0.2) is 174 Å². The van der Waals surface area contributed by atoms with Crippen molar-refractivity contribution in [3.63, 3.8) is 0 Å². The number of thiophene rings is 1. The molecule has 0 bridgehead atoms. The highest BCUT2D eigenvalue weighted by molar-refractivity contribution is 7.26. The van der Waals surface area contributed by atoms with Gasteiger partial charge in [-0.1, -0.05) is 127 Å². The largest absolute Gasteiger partial charge is 0.435 e. The molecule has 0 aliphatic heterocycles. The molecule has 54 heavy (non-hydrogen) atoms. The Balaban J connectivity index is 1.11. The highest BCUT2D eigenvalue weighted by atomic mass is 32.1. The summed E-state index contributed by atoms with van der Waals surface area (Å²) in [5.41, 5.74) is 7.65. The van der Waals surface area contributed by atoms with E-state index in [0.717, 1.165) is 65.2 Å². The monoisotopic (exact) mass is 708 g/mol. The van der Waals surface area contributed by atoms with Crippen LogP contribution in [0, 0.1) is 0 Å². The van der Waals surface area contributed by atoms with E-state index in [1.54, 1.807) is 11.3 Å².